The Labute approximate surface area is 112 Å². The van der Waals surface area contributed by atoms with Crippen LogP contribution in [-0.4, -0.2) is 66.2 Å². The Hall–Kier alpha value is -0.930. The molecule has 2 amide bonds. The number of hydrogen-bond donors (Lipinski definition) is 0. The normalized spacial score (nSPS) is 23.6. The van der Waals surface area contributed by atoms with Crippen molar-refractivity contribution in [1.82, 2.24) is 9.80 Å². The topological polar surface area (TPSA) is 56.6 Å². The summed E-state index contributed by atoms with van der Waals surface area (Å²) in [6.07, 6.45) is 3.50. The summed E-state index contributed by atoms with van der Waals surface area (Å²) in [5.41, 5.74) is 0. The highest BCUT2D eigenvalue weighted by Crippen LogP contribution is 2.33. The van der Waals surface area contributed by atoms with E-state index in [0.29, 0.717) is 39.4 Å². The number of hydrogen-bond acceptors (Lipinski definition) is 4. The number of rotatable bonds is 1. The molecule has 0 saturated carbocycles. The molecule has 100 valence electrons. The maximum absolute atomic E-state index is 12.2. The van der Waals surface area contributed by atoms with Gasteiger partial charge in [-0.15, -0.1) is 11.8 Å². The molecule has 2 heterocycles. The lowest BCUT2D eigenvalue weighted by Gasteiger charge is -2.39. The summed E-state index contributed by atoms with van der Waals surface area (Å²) < 4.78 is 4.96. The largest absolute Gasteiger partial charge is 0.378 e. The summed E-state index contributed by atoms with van der Waals surface area (Å²) in [5.74, 6) is 0. The Bertz CT molecular complexity index is 342. The third kappa shape index (κ3) is 2.73. The van der Waals surface area contributed by atoms with Crippen molar-refractivity contribution in [3.05, 3.63) is 0 Å². The summed E-state index contributed by atoms with van der Waals surface area (Å²) >= 11 is 1.61. The fraction of sp³-hybridized carbons (Fsp3) is 0.833. The van der Waals surface area contributed by atoms with Crippen molar-refractivity contribution >= 4 is 17.8 Å². The molecule has 2 rings (SSSR count). The van der Waals surface area contributed by atoms with Gasteiger partial charge in [0.15, 0.2) is 0 Å². The predicted molar refractivity (Wildman–Crippen MR) is 70.5 cm³/mol. The Morgan fingerprint density at radius 1 is 1.22 bits per heavy atom. The van der Waals surface area contributed by atoms with E-state index in [1.54, 1.807) is 11.8 Å². The van der Waals surface area contributed by atoms with Crippen LogP contribution in [0.25, 0.3) is 0 Å². The summed E-state index contributed by atoms with van der Waals surface area (Å²) in [4.78, 5) is 16.0. The number of amides is 2. The van der Waals surface area contributed by atoms with Gasteiger partial charge in [-0.1, -0.05) is 0 Å². The molecule has 2 aliphatic rings. The lowest BCUT2D eigenvalue weighted by molar-refractivity contribution is 0.0413. The minimum absolute atomic E-state index is 0.103. The van der Waals surface area contributed by atoms with Gasteiger partial charge in [-0.3, -0.25) is 0 Å². The van der Waals surface area contributed by atoms with Crippen molar-refractivity contribution < 1.29 is 9.53 Å². The smallest absolute Gasteiger partial charge is 0.320 e. The first kappa shape index (κ1) is 13.5. The molecule has 0 aromatic rings. The Balaban J connectivity index is 1.89. The van der Waals surface area contributed by atoms with Gasteiger partial charge in [0.2, 0.25) is 0 Å². The molecule has 0 unspecified atom stereocenters. The minimum Gasteiger partial charge on any atom is -0.378 e. The van der Waals surface area contributed by atoms with Crippen molar-refractivity contribution in [3.8, 4) is 6.07 Å². The van der Waals surface area contributed by atoms with Crippen LogP contribution in [0.15, 0.2) is 0 Å². The maximum atomic E-state index is 12.2. The van der Waals surface area contributed by atoms with Crippen LogP contribution in [0.1, 0.15) is 12.8 Å². The van der Waals surface area contributed by atoms with Crippen LogP contribution in [0.4, 0.5) is 4.79 Å². The van der Waals surface area contributed by atoms with E-state index in [1.807, 2.05) is 16.1 Å². The van der Waals surface area contributed by atoms with Gasteiger partial charge >= 0.3 is 6.03 Å². The highest BCUT2D eigenvalue weighted by Gasteiger charge is 2.36. The molecule has 5 nitrogen and oxygen atoms in total. The van der Waals surface area contributed by atoms with Gasteiger partial charge in [0.1, 0.15) is 4.75 Å². The van der Waals surface area contributed by atoms with Crippen LogP contribution in [0.3, 0.4) is 0 Å². The molecule has 0 aliphatic carbocycles. The Kier molecular flexibility index (Phi) is 4.36. The van der Waals surface area contributed by atoms with Crippen molar-refractivity contribution in [2.75, 3.05) is 45.6 Å². The molecule has 0 aromatic heterocycles. The highest BCUT2D eigenvalue weighted by atomic mass is 32.2. The van der Waals surface area contributed by atoms with E-state index in [2.05, 4.69) is 6.07 Å². The van der Waals surface area contributed by atoms with Gasteiger partial charge in [0.05, 0.1) is 19.3 Å². The molecule has 0 bridgehead atoms. The lowest BCUT2D eigenvalue weighted by Crippen LogP contribution is -2.52. The number of morpholine rings is 1. The van der Waals surface area contributed by atoms with Crippen LogP contribution >= 0.6 is 11.8 Å². The first-order chi connectivity index (χ1) is 8.71. The van der Waals surface area contributed by atoms with Crippen molar-refractivity contribution in [1.29, 1.82) is 5.26 Å². The molecule has 0 spiro atoms. The van der Waals surface area contributed by atoms with E-state index >= 15 is 0 Å². The van der Waals surface area contributed by atoms with E-state index < -0.39 is 0 Å². The molecule has 18 heavy (non-hydrogen) atoms. The van der Waals surface area contributed by atoms with Crippen molar-refractivity contribution in [2.24, 2.45) is 0 Å². The second-order valence-corrected chi connectivity index (χ2v) is 5.87. The first-order valence-corrected chi connectivity index (χ1v) is 7.51. The van der Waals surface area contributed by atoms with Gasteiger partial charge in [-0.05, 0) is 19.1 Å². The quantitative estimate of drug-likeness (QED) is 0.717. The molecule has 2 fully saturated rings. The molecule has 0 atom stereocenters. The standard InChI is InChI=1S/C12H19N3O2S/c1-18-12(10-13)2-4-14(5-3-12)11(16)15-6-8-17-9-7-15/h2-9H2,1H3. The number of carbonyl (C=O) groups is 1. The fourth-order valence-electron chi connectivity index (χ4n) is 2.38. The van der Waals surface area contributed by atoms with Gasteiger partial charge in [0, 0.05) is 26.2 Å². The average Bonchev–Trinajstić information content (AvgIpc) is 2.47. The van der Waals surface area contributed by atoms with E-state index in [-0.39, 0.29) is 10.8 Å². The van der Waals surface area contributed by atoms with Gasteiger partial charge in [0.25, 0.3) is 0 Å². The summed E-state index contributed by atoms with van der Waals surface area (Å²) in [5, 5.41) is 9.21. The number of nitriles is 1. The van der Waals surface area contributed by atoms with Crippen LogP contribution in [0, 0.1) is 11.3 Å². The third-order valence-corrected chi connectivity index (χ3v) is 5.00. The zero-order chi connectivity index (χ0) is 13.0. The Morgan fingerprint density at radius 3 is 2.28 bits per heavy atom. The third-order valence-electron chi connectivity index (χ3n) is 3.72. The summed E-state index contributed by atoms with van der Waals surface area (Å²) in [7, 11) is 0. The van der Waals surface area contributed by atoms with Crippen LogP contribution < -0.4 is 0 Å². The zero-order valence-corrected chi connectivity index (χ0v) is 11.5. The van der Waals surface area contributed by atoms with Crippen molar-refractivity contribution in [3.63, 3.8) is 0 Å². The predicted octanol–water partition coefficient (Wildman–Crippen LogP) is 1.16. The average molecular weight is 269 g/mol. The van der Waals surface area contributed by atoms with Gasteiger partial charge < -0.3 is 14.5 Å². The number of thioether (sulfide) groups is 1. The van der Waals surface area contributed by atoms with Crippen LogP contribution in [-0.2, 0) is 4.74 Å². The highest BCUT2D eigenvalue weighted by molar-refractivity contribution is 8.00. The molecular weight excluding hydrogens is 250 g/mol. The SMILES string of the molecule is CSC1(C#N)CCN(C(=O)N2CCOCC2)CC1. The molecular formula is C12H19N3O2S. The van der Waals surface area contributed by atoms with Crippen LogP contribution in [0.5, 0.6) is 0 Å². The number of urea groups is 1. The molecule has 0 N–H and O–H groups in total. The number of nitrogens with zero attached hydrogens (tertiary/aromatic N) is 3. The van der Waals surface area contributed by atoms with Crippen LogP contribution in [0.2, 0.25) is 0 Å². The minimum atomic E-state index is -0.290. The lowest BCUT2D eigenvalue weighted by atomic mass is 9.97. The molecule has 0 radical (unpaired) electrons. The zero-order valence-electron chi connectivity index (χ0n) is 10.7. The molecule has 0 aromatic carbocycles. The second-order valence-electron chi connectivity index (χ2n) is 4.68. The number of likely N-dealkylation sites (tertiary alicyclic amines) is 1. The Morgan fingerprint density at radius 2 is 1.78 bits per heavy atom. The van der Waals surface area contributed by atoms with Gasteiger partial charge in [-0.2, -0.15) is 5.26 Å². The number of piperidine rings is 1. The second kappa shape index (κ2) is 5.81. The van der Waals surface area contributed by atoms with E-state index in [9.17, 15) is 10.1 Å². The number of ether oxygens (including phenoxy) is 1. The molecule has 6 heteroatoms. The maximum Gasteiger partial charge on any atom is 0.320 e. The van der Waals surface area contributed by atoms with Gasteiger partial charge in [-0.25, -0.2) is 4.79 Å². The number of carbonyl (C=O) groups excluding carboxylic acids is 1. The molecule has 2 saturated heterocycles. The van der Waals surface area contributed by atoms with E-state index in [0.717, 1.165) is 12.8 Å². The molecule has 2 aliphatic heterocycles. The van der Waals surface area contributed by atoms with E-state index in [1.165, 1.54) is 0 Å². The first-order valence-electron chi connectivity index (χ1n) is 6.29. The van der Waals surface area contributed by atoms with Crippen molar-refractivity contribution in [2.45, 2.75) is 17.6 Å². The summed E-state index contributed by atoms with van der Waals surface area (Å²) in [6, 6.07) is 2.50. The summed E-state index contributed by atoms with van der Waals surface area (Å²) in [6.45, 7) is 4.00. The monoisotopic (exact) mass is 269 g/mol. The van der Waals surface area contributed by atoms with E-state index in [4.69, 9.17) is 4.74 Å². The fourth-order valence-corrected chi connectivity index (χ4v) is 3.06.